The fourth-order valence-electron chi connectivity index (χ4n) is 1.73. The van der Waals surface area contributed by atoms with E-state index in [9.17, 15) is 0 Å². The van der Waals surface area contributed by atoms with Gasteiger partial charge in [0.2, 0.25) is 0 Å². The zero-order chi connectivity index (χ0) is 19.2. The van der Waals surface area contributed by atoms with Crippen LogP contribution in [0.3, 0.4) is 0 Å². The van der Waals surface area contributed by atoms with Crippen molar-refractivity contribution in [2.45, 2.75) is 26.7 Å². The normalized spacial score (nSPS) is 8.76. The summed E-state index contributed by atoms with van der Waals surface area (Å²) in [6.45, 7) is 4.07. The summed E-state index contributed by atoms with van der Waals surface area (Å²) in [6, 6.07) is 15.9. The number of benzene rings is 2. The average Bonchev–Trinajstić information content (AvgIpc) is 2.60. The number of aryl methyl sites for hydroxylation is 3. The van der Waals surface area contributed by atoms with Crippen LogP contribution in [0, 0.1) is 36.5 Å². The number of nitrogens with zero attached hydrogens (tertiary/aromatic N) is 2. The number of nitriles is 2. The molecule has 0 amide bonds. The highest BCUT2D eigenvalue weighted by molar-refractivity contribution is 9.10. The summed E-state index contributed by atoms with van der Waals surface area (Å²) in [5.74, 6) is 0. The van der Waals surface area contributed by atoms with Gasteiger partial charge in [-0.3, -0.25) is 0 Å². The van der Waals surface area contributed by atoms with E-state index in [-0.39, 0.29) is 0 Å². The maximum absolute atomic E-state index is 8.39. The molecule has 0 heterocycles. The van der Waals surface area contributed by atoms with E-state index in [4.69, 9.17) is 16.3 Å². The Morgan fingerprint density at radius 3 is 1.84 bits per heavy atom. The van der Waals surface area contributed by atoms with Crippen molar-refractivity contribution in [3.63, 3.8) is 0 Å². The number of nitrogen functional groups attached to an aromatic ring is 1. The molecule has 2 aromatic rings. The predicted octanol–water partition coefficient (Wildman–Crippen LogP) is 6.46. The predicted molar refractivity (Wildman–Crippen MR) is 116 cm³/mol. The molecule has 0 spiro atoms. The van der Waals surface area contributed by atoms with Crippen LogP contribution in [0.2, 0.25) is 0 Å². The van der Waals surface area contributed by atoms with Crippen LogP contribution in [0.15, 0.2) is 45.3 Å². The van der Waals surface area contributed by atoms with Crippen molar-refractivity contribution in [1.82, 2.24) is 0 Å². The number of rotatable bonds is 2. The summed E-state index contributed by atoms with van der Waals surface area (Å²) in [5.41, 5.74) is 9.96. The molecular weight excluding hydrogens is 510 g/mol. The first-order valence-corrected chi connectivity index (χ1v) is 10.1. The van der Waals surface area contributed by atoms with Crippen molar-refractivity contribution >= 4 is 53.5 Å². The van der Waals surface area contributed by atoms with Crippen LogP contribution in [0.1, 0.15) is 23.1 Å². The summed E-state index contributed by atoms with van der Waals surface area (Å²) in [5, 5.41) is 16.4. The Hall–Kier alpha value is -1.34. The summed E-state index contributed by atoms with van der Waals surface area (Å²) in [6.07, 6.45) is 1.45. The number of hydrogen-bond donors (Lipinski definition) is 1. The standard InChI is InChI=1S/C10H10BrN.C7H8BrN.C2H2BrN/c1-8-7-9(3-2-6-12)4-5-10(8)11;1-5-4-6(9)2-3-7(5)8;3-1-2-4/h4-5,7H,2-3H2,1H3;2-4H,9H2,1H3;1H2. The third kappa shape index (κ3) is 11.0. The van der Waals surface area contributed by atoms with Gasteiger partial charge < -0.3 is 5.73 Å². The van der Waals surface area contributed by atoms with Crippen molar-refractivity contribution in [3.8, 4) is 12.1 Å². The Morgan fingerprint density at radius 1 is 0.920 bits per heavy atom. The Bertz CT molecular complexity index is 747. The number of hydrogen-bond acceptors (Lipinski definition) is 3. The highest BCUT2D eigenvalue weighted by Crippen LogP contribution is 2.18. The van der Waals surface area contributed by atoms with Crippen LogP contribution in [-0.2, 0) is 6.42 Å². The second-order valence-corrected chi connectivity index (χ2v) is 7.31. The lowest BCUT2D eigenvalue weighted by Gasteiger charge is -2.01. The van der Waals surface area contributed by atoms with Crippen LogP contribution < -0.4 is 5.73 Å². The van der Waals surface area contributed by atoms with Gasteiger partial charge in [0.1, 0.15) is 0 Å². The topological polar surface area (TPSA) is 73.6 Å². The second-order valence-electron chi connectivity index (χ2n) is 5.04. The molecule has 0 aliphatic rings. The summed E-state index contributed by atoms with van der Waals surface area (Å²) in [7, 11) is 0. The monoisotopic (exact) mass is 527 g/mol. The van der Waals surface area contributed by atoms with Gasteiger partial charge in [-0.2, -0.15) is 10.5 Å². The quantitative estimate of drug-likeness (QED) is 0.358. The van der Waals surface area contributed by atoms with Gasteiger partial charge in [-0.05, 0) is 61.2 Å². The summed E-state index contributed by atoms with van der Waals surface area (Å²) >= 11 is 9.69. The Labute approximate surface area is 175 Å². The van der Waals surface area contributed by atoms with E-state index in [1.165, 1.54) is 16.7 Å². The third-order valence-corrected chi connectivity index (χ3v) is 5.02. The molecular formula is C19H20Br3N3. The maximum atomic E-state index is 8.39. The minimum absolute atomic E-state index is 0.438. The fourth-order valence-corrected chi connectivity index (χ4v) is 2.22. The van der Waals surface area contributed by atoms with Gasteiger partial charge in [-0.15, -0.1) is 0 Å². The highest BCUT2D eigenvalue weighted by Gasteiger charge is 1.96. The molecule has 0 radical (unpaired) electrons. The molecule has 0 bridgehead atoms. The van der Waals surface area contributed by atoms with E-state index in [2.05, 4.69) is 72.9 Å². The molecule has 0 fully saturated rings. The molecule has 2 N–H and O–H groups in total. The van der Waals surface area contributed by atoms with Crippen LogP contribution >= 0.6 is 47.8 Å². The first-order chi connectivity index (χ1) is 11.8. The molecule has 0 unspecified atom stereocenters. The minimum Gasteiger partial charge on any atom is -0.399 e. The maximum Gasteiger partial charge on any atom is 0.0905 e. The minimum atomic E-state index is 0.438. The number of alkyl halides is 1. The number of nitrogens with two attached hydrogens (primary N) is 1. The van der Waals surface area contributed by atoms with E-state index in [0.717, 1.165) is 21.1 Å². The van der Waals surface area contributed by atoms with Gasteiger partial charge in [0, 0.05) is 21.1 Å². The Balaban J connectivity index is 0.000000391. The van der Waals surface area contributed by atoms with Crippen molar-refractivity contribution in [2.24, 2.45) is 0 Å². The molecule has 0 atom stereocenters. The lowest BCUT2D eigenvalue weighted by atomic mass is 10.1. The third-order valence-electron chi connectivity index (χ3n) is 2.99. The molecule has 0 saturated carbocycles. The molecule has 0 aromatic heterocycles. The lowest BCUT2D eigenvalue weighted by Crippen LogP contribution is -1.85. The smallest absolute Gasteiger partial charge is 0.0905 e. The molecule has 0 aliphatic heterocycles. The van der Waals surface area contributed by atoms with E-state index in [0.29, 0.717) is 11.8 Å². The Morgan fingerprint density at radius 2 is 1.44 bits per heavy atom. The van der Waals surface area contributed by atoms with Crippen LogP contribution in [0.4, 0.5) is 5.69 Å². The summed E-state index contributed by atoms with van der Waals surface area (Å²) in [4.78, 5) is 0. The molecule has 0 saturated heterocycles. The zero-order valence-corrected chi connectivity index (χ0v) is 18.9. The van der Waals surface area contributed by atoms with E-state index < -0.39 is 0 Å². The molecule has 25 heavy (non-hydrogen) atoms. The largest absolute Gasteiger partial charge is 0.399 e. The zero-order valence-electron chi connectivity index (χ0n) is 14.2. The SMILES string of the molecule is Cc1cc(CCC#N)ccc1Br.Cc1cc(N)ccc1Br.N#CCBr. The fraction of sp³-hybridized carbons (Fsp3) is 0.263. The van der Waals surface area contributed by atoms with Crippen molar-refractivity contribution in [1.29, 1.82) is 10.5 Å². The van der Waals surface area contributed by atoms with Gasteiger partial charge >= 0.3 is 0 Å². The molecule has 132 valence electrons. The first-order valence-electron chi connectivity index (χ1n) is 7.42. The van der Waals surface area contributed by atoms with Crippen molar-refractivity contribution in [2.75, 3.05) is 11.1 Å². The Kier molecular flexibility index (Phi) is 13.2. The van der Waals surface area contributed by atoms with Crippen LogP contribution in [-0.4, -0.2) is 5.33 Å². The van der Waals surface area contributed by atoms with E-state index in [1.807, 2.05) is 37.3 Å². The van der Waals surface area contributed by atoms with Crippen molar-refractivity contribution < 1.29 is 0 Å². The highest BCUT2D eigenvalue weighted by atomic mass is 79.9. The molecule has 0 aliphatic carbocycles. The lowest BCUT2D eigenvalue weighted by molar-refractivity contribution is 1.01. The van der Waals surface area contributed by atoms with E-state index >= 15 is 0 Å². The van der Waals surface area contributed by atoms with Gasteiger partial charge in [0.15, 0.2) is 0 Å². The summed E-state index contributed by atoms with van der Waals surface area (Å²) < 4.78 is 2.24. The molecule has 3 nitrogen and oxygen atoms in total. The van der Waals surface area contributed by atoms with Crippen LogP contribution in [0.25, 0.3) is 0 Å². The van der Waals surface area contributed by atoms with Gasteiger partial charge in [-0.25, -0.2) is 0 Å². The van der Waals surface area contributed by atoms with Crippen molar-refractivity contribution in [3.05, 3.63) is 62.0 Å². The van der Waals surface area contributed by atoms with Crippen LogP contribution in [0.5, 0.6) is 0 Å². The molecule has 6 heteroatoms. The van der Waals surface area contributed by atoms with E-state index in [1.54, 1.807) is 0 Å². The van der Waals surface area contributed by atoms with Gasteiger partial charge in [0.05, 0.1) is 17.5 Å². The second kappa shape index (κ2) is 13.9. The van der Waals surface area contributed by atoms with Gasteiger partial charge in [0.25, 0.3) is 0 Å². The number of halogens is 3. The first kappa shape index (κ1) is 23.7. The van der Waals surface area contributed by atoms with Gasteiger partial charge in [-0.1, -0.05) is 59.9 Å². The average molecular weight is 530 g/mol. The molecule has 2 rings (SSSR count). The number of anilines is 1. The molecule has 2 aromatic carbocycles.